The van der Waals surface area contributed by atoms with Crippen molar-refractivity contribution in [2.24, 2.45) is 0 Å². The molecule has 0 aliphatic rings. The molecule has 0 aliphatic heterocycles. The maximum atomic E-state index is 11.4. The van der Waals surface area contributed by atoms with E-state index in [4.69, 9.17) is 4.74 Å². The van der Waals surface area contributed by atoms with Crippen LogP contribution in [0.4, 0.5) is 0 Å². The Morgan fingerprint density at radius 1 is 1.19 bits per heavy atom. The number of phenolic OH excluding ortho intramolecular Hbond substituents is 1. The quantitative estimate of drug-likeness (QED) is 0.474. The number of carbonyl (C=O) groups is 3. The minimum absolute atomic E-state index is 0.0281. The molecule has 0 heterocycles. The minimum atomic E-state index is -0.773. The molecule has 1 aromatic rings. The van der Waals surface area contributed by atoms with Gasteiger partial charge in [-0.3, -0.25) is 4.79 Å². The topological polar surface area (TPSA) is 99.1 Å². The fraction of sp³-hybridized carbons (Fsp3) is 0.214. The number of aromatic hydroxyl groups is 1. The van der Waals surface area contributed by atoms with E-state index in [9.17, 15) is 19.5 Å². The van der Waals surface area contributed by atoms with E-state index in [-0.39, 0.29) is 24.5 Å². The van der Waals surface area contributed by atoms with Crippen LogP contribution in [0.3, 0.4) is 0 Å². The summed E-state index contributed by atoms with van der Waals surface area (Å²) < 4.78 is 13.9. The van der Waals surface area contributed by atoms with E-state index in [0.717, 1.165) is 12.2 Å². The van der Waals surface area contributed by atoms with E-state index < -0.39 is 17.9 Å². The first kappa shape index (κ1) is 16.2. The first-order chi connectivity index (χ1) is 10.0. The summed E-state index contributed by atoms with van der Waals surface area (Å²) in [4.78, 5) is 33.3. The summed E-state index contributed by atoms with van der Waals surface area (Å²) in [5, 5.41) is 9.19. The highest BCUT2D eigenvalue weighted by atomic mass is 16.6. The molecule has 7 heteroatoms. The van der Waals surface area contributed by atoms with Gasteiger partial charge in [0, 0.05) is 18.2 Å². The van der Waals surface area contributed by atoms with Gasteiger partial charge in [0.2, 0.25) is 0 Å². The summed E-state index contributed by atoms with van der Waals surface area (Å²) in [5.74, 6) is -1.91. The highest BCUT2D eigenvalue weighted by Gasteiger charge is 2.07. The van der Waals surface area contributed by atoms with Gasteiger partial charge in [-0.15, -0.1) is 0 Å². The average molecular weight is 294 g/mol. The number of phenols is 1. The Bertz CT molecular complexity index is 548. The molecular formula is C14H14O7. The fourth-order valence-electron chi connectivity index (χ4n) is 1.22. The molecular weight excluding hydrogens is 280 g/mol. The van der Waals surface area contributed by atoms with Crippen molar-refractivity contribution >= 4 is 17.9 Å². The lowest BCUT2D eigenvalue weighted by atomic mass is 10.3. The molecule has 0 bridgehead atoms. The van der Waals surface area contributed by atoms with Gasteiger partial charge in [0.1, 0.15) is 18.1 Å². The highest BCUT2D eigenvalue weighted by Crippen LogP contribution is 2.17. The van der Waals surface area contributed by atoms with Crippen molar-refractivity contribution in [3.8, 4) is 11.5 Å². The van der Waals surface area contributed by atoms with Crippen molar-refractivity contribution in [2.75, 3.05) is 13.7 Å². The van der Waals surface area contributed by atoms with Gasteiger partial charge in [-0.2, -0.15) is 0 Å². The van der Waals surface area contributed by atoms with Gasteiger partial charge in [-0.25, -0.2) is 9.59 Å². The lowest BCUT2D eigenvalue weighted by Crippen LogP contribution is -2.13. The van der Waals surface area contributed by atoms with Gasteiger partial charge >= 0.3 is 17.9 Å². The largest absolute Gasteiger partial charge is 0.508 e. The van der Waals surface area contributed by atoms with Gasteiger partial charge in [-0.1, -0.05) is 6.07 Å². The molecule has 1 N–H and O–H groups in total. The summed E-state index contributed by atoms with van der Waals surface area (Å²) in [6.45, 7) is -0.192. The molecule has 21 heavy (non-hydrogen) atoms. The predicted molar refractivity (Wildman–Crippen MR) is 70.5 cm³/mol. The lowest BCUT2D eigenvalue weighted by molar-refractivity contribution is -0.142. The number of benzene rings is 1. The van der Waals surface area contributed by atoms with Gasteiger partial charge < -0.3 is 19.3 Å². The monoisotopic (exact) mass is 294 g/mol. The number of ether oxygens (including phenoxy) is 3. The van der Waals surface area contributed by atoms with Gasteiger partial charge in [0.15, 0.2) is 0 Å². The van der Waals surface area contributed by atoms with Gasteiger partial charge in [0.25, 0.3) is 0 Å². The summed E-state index contributed by atoms with van der Waals surface area (Å²) in [6.07, 6.45) is 1.65. The van der Waals surface area contributed by atoms with E-state index in [2.05, 4.69) is 9.47 Å². The zero-order chi connectivity index (χ0) is 15.7. The molecule has 0 saturated heterocycles. The number of hydrogen-bond donors (Lipinski definition) is 1. The van der Waals surface area contributed by atoms with E-state index in [0.29, 0.717) is 0 Å². The molecule has 7 nitrogen and oxygen atoms in total. The molecule has 0 aromatic heterocycles. The van der Waals surface area contributed by atoms with Crippen LogP contribution in [0.1, 0.15) is 6.42 Å². The Hall–Kier alpha value is -2.83. The maximum absolute atomic E-state index is 11.4. The molecule has 1 aromatic carbocycles. The van der Waals surface area contributed by atoms with Crippen molar-refractivity contribution in [1.82, 2.24) is 0 Å². The van der Waals surface area contributed by atoms with Crippen LogP contribution < -0.4 is 4.74 Å². The van der Waals surface area contributed by atoms with Crippen LogP contribution >= 0.6 is 0 Å². The van der Waals surface area contributed by atoms with Gasteiger partial charge in [0.05, 0.1) is 13.5 Å². The molecule has 0 spiro atoms. The van der Waals surface area contributed by atoms with Crippen molar-refractivity contribution in [3.05, 3.63) is 36.4 Å². The third kappa shape index (κ3) is 6.76. The summed E-state index contributed by atoms with van der Waals surface area (Å²) in [6, 6.07) is 5.74. The fourth-order valence-corrected chi connectivity index (χ4v) is 1.22. The van der Waals surface area contributed by atoms with Crippen LogP contribution in [0.25, 0.3) is 0 Å². The number of rotatable bonds is 6. The second-order valence-corrected chi connectivity index (χ2v) is 3.75. The minimum Gasteiger partial charge on any atom is -0.508 e. The van der Waals surface area contributed by atoms with Crippen molar-refractivity contribution in [3.63, 3.8) is 0 Å². The number of esters is 3. The van der Waals surface area contributed by atoms with E-state index in [1.807, 2.05) is 0 Å². The third-order valence-electron chi connectivity index (χ3n) is 2.16. The van der Waals surface area contributed by atoms with Crippen molar-refractivity contribution < 1.29 is 33.7 Å². The Morgan fingerprint density at radius 3 is 2.57 bits per heavy atom. The first-order valence-corrected chi connectivity index (χ1v) is 5.94. The van der Waals surface area contributed by atoms with Crippen LogP contribution in [0.15, 0.2) is 36.4 Å². The molecule has 0 saturated carbocycles. The summed E-state index contributed by atoms with van der Waals surface area (Å²) in [5.41, 5.74) is 0. The summed E-state index contributed by atoms with van der Waals surface area (Å²) >= 11 is 0. The summed E-state index contributed by atoms with van der Waals surface area (Å²) in [7, 11) is 1.18. The molecule has 0 unspecified atom stereocenters. The Balaban J connectivity index is 2.29. The molecule has 0 fully saturated rings. The molecule has 0 amide bonds. The van der Waals surface area contributed by atoms with Crippen molar-refractivity contribution in [1.29, 1.82) is 0 Å². The Kier molecular flexibility index (Phi) is 6.46. The van der Waals surface area contributed by atoms with Crippen LogP contribution in [0.2, 0.25) is 0 Å². The van der Waals surface area contributed by atoms with E-state index in [1.165, 1.54) is 31.4 Å². The second-order valence-electron chi connectivity index (χ2n) is 3.75. The van der Waals surface area contributed by atoms with Gasteiger partial charge in [-0.05, 0) is 12.1 Å². The smallest absolute Gasteiger partial charge is 0.331 e. The maximum Gasteiger partial charge on any atom is 0.331 e. The molecule has 0 radical (unpaired) electrons. The SMILES string of the molecule is COC(=O)C=CC(=O)OCCC(=O)Oc1cccc(O)c1. The molecule has 1 rings (SSSR count). The zero-order valence-corrected chi connectivity index (χ0v) is 11.3. The number of methoxy groups -OCH3 is 1. The Morgan fingerprint density at radius 2 is 1.90 bits per heavy atom. The highest BCUT2D eigenvalue weighted by molar-refractivity contribution is 5.91. The average Bonchev–Trinajstić information content (AvgIpc) is 2.44. The lowest BCUT2D eigenvalue weighted by Gasteiger charge is -2.04. The van der Waals surface area contributed by atoms with Crippen LogP contribution in [-0.4, -0.2) is 36.7 Å². The first-order valence-electron chi connectivity index (χ1n) is 5.94. The number of carbonyl (C=O) groups excluding carboxylic acids is 3. The van der Waals surface area contributed by atoms with Crippen LogP contribution in [-0.2, 0) is 23.9 Å². The normalized spacial score (nSPS) is 10.1. The molecule has 112 valence electrons. The van der Waals surface area contributed by atoms with Crippen LogP contribution in [0, 0.1) is 0 Å². The molecule has 0 atom stereocenters. The second kappa shape index (κ2) is 8.36. The predicted octanol–water partition coefficient (Wildman–Crippen LogP) is 0.960. The zero-order valence-electron chi connectivity index (χ0n) is 11.3. The standard InChI is InChI=1S/C14H14O7/c1-19-12(16)5-6-13(17)20-8-7-14(18)21-11-4-2-3-10(15)9-11/h2-6,9,15H,7-8H2,1H3. The molecule has 0 aliphatic carbocycles. The van der Waals surface area contributed by atoms with E-state index in [1.54, 1.807) is 0 Å². The Labute approximate surface area is 120 Å². The third-order valence-corrected chi connectivity index (χ3v) is 2.16. The van der Waals surface area contributed by atoms with E-state index >= 15 is 0 Å². The van der Waals surface area contributed by atoms with Crippen LogP contribution in [0.5, 0.6) is 11.5 Å². The van der Waals surface area contributed by atoms with Crippen molar-refractivity contribution in [2.45, 2.75) is 6.42 Å². The number of hydrogen-bond acceptors (Lipinski definition) is 7.